The van der Waals surface area contributed by atoms with Crippen LogP contribution in [0.3, 0.4) is 0 Å². The highest BCUT2D eigenvalue weighted by Gasteiger charge is 2.27. The predicted octanol–water partition coefficient (Wildman–Crippen LogP) is 1.15. The SMILES string of the molecule is Cc1ccc(C(C)(O)CNC(=NCc2nnc(C)n2C)NCC2CCCO2)o1. The number of nitrogens with zero attached hydrogens (tertiary/aromatic N) is 4. The number of aryl methyl sites for hydroxylation is 2. The van der Waals surface area contributed by atoms with Crippen LogP contribution in [-0.4, -0.2) is 51.6 Å². The van der Waals surface area contributed by atoms with E-state index >= 15 is 0 Å². The zero-order chi connectivity index (χ0) is 20.1. The van der Waals surface area contributed by atoms with E-state index in [1.165, 1.54) is 0 Å². The van der Waals surface area contributed by atoms with Gasteiger partial charge in [-0.2, -0.15) is 0 Å². The molecule has 1 fully saturated rings. The number of furan rings is 1. The maximum Gasteiger partial charge on any atom is 0.191 e. The molecule has 0 radical (unpaired) electrons. The van der Waals surface area contributed by atoms with E-state index in [0.29, 0.717) is 24.8 Å². The first-order valence-corrected chi connectivity index (χ1v) is 9.63. The van der Waals surface area contributed by atoms with Crippen molar-refractivity contribution in [1.82, 2.24) is 25.4 Å². The van der Waals surface area contributed by atoms with Gasteiger partial charge in [0.25, 0.3) is 0 Å². The lowest BCUT2D eigenvalue weighted by Gasteiger charge is -2.23. The van der Waals surface area contributed by atoms with Crippen molar-refractivity contribution >= 4 is 5.96 Å². The third-order valence-corrected chi connectivity index (χ3v) is 4.95. The van der Waals surface area contributed by atoms with Gasteiger partial charge in [-0.1, -0.05) is 0 Å². The van der Waals surface area contributed by atoms with Gasteiger partial charge in [0.05, 0.1) is 12.6 Å². The van der Waals surface area contributed by atoms with Crippen molar-refractivity contribution in [3.8, 4) is 0 Å². The Morgan fingerprint density at radius 1 is 1.36 bits per heavy atom. The maximum absolute atomic E-state index is 10.8. The van der Waals surface area contributed by atoms with Gasteiger partial charge in [-0.05, 0) is 45.7 Å². The fourth-order valence-electron chi connectivity index (χ4n) is 3.00. The fourth-order valence-corrected chi connectivity index (χ4v) is 3.00. The molecule has 3 N–H and O–H groups in total. The van der Waals surface area contributed by atoms with Crippen LogP contribution in [0.5, 0.6) is 0 Å². The van der Waals surface area contributed by atoms with Crippen LogP contribution in [0.25, 0.3) is 0 Å². The first kappa shape index (κ1) is 20.3. The van der Waals surface area contributed by atoms with Gasteiger partial charge in [-0.15, -0.1) is 10.2 Å². The first-order valence-electron chi connectivity index (χ1n) is 9.63. The summed E-state index contributed by atoms with van der Waals surface area (Å²) in [6.45, 7) is 7.55. The Kier molecular flexibility index (Phi) is 6.35. The highest BCUT2D eigenvalue weighted by Crippen LogP contribution is 2.21. The third kappa shape index (κ3) is 5.11. The summed E-state index contributed by atoms with van der Waals surface area (Å²) in [6, 6.07) is 3.63. The molecular weight excluding hydrogens is 360 g/mol. The Bertz CT molecular complexity index is 804. The smallest absolute Gasteiger partial charge is 0.191 e. The van der Waals surface area contributed by atoms with Crippen molar-refractivity contribution in [2.75, 3.05) is 19.7 Å². The second-order valence-electron chi connectivity index (χ2n) is 7.44. The van der Waals surface area contributed by atoms with Gasteiger partial charge < -0.3 is 29.5 Å². The third-order valence-electron chi connectivity index (χ3n) is 4.95. The van der Waals surface area contributed by atoms with Crippen LogP contribution in [0, 0.1) is 13.8 Å². The Labute approximate surface area is 165 Å². The van der Waals surface area contributed by atoms with Crippen LogP contribution < -0.4 is 10.6 Å². The average Bonchev–Trinajstić information content (AvgIpc) is 3.39. The Hall–Kier alpha value is -2.39. The molecule has 0 amide bonds. The zero-order valence-electron chi connectivity index (χ0n) is 17.0. The van der Waals surface area contributed by atoms with Crippen molar-refractivity contribution < 1.29 is 14.3 Å². The van der Waals surface area contributed by atoms with Gasteiger partial charge in [0.2, 0.25) is 0 Å². The number of aliphatic imine (C=N–C) groups is 1. The maximum atomic E-state index is 10.8. The number of guanidine groups is 1. The number of ether oxygens (including phenoxy) is 1. The first-order chi connectivity index (χ1) is 13.3. The van der Waals surface area contributed by atoms with E-state index in [1.807, 2.05) is 31.5 Å². The molecule has 3 rings (SSSR count). The molecule has 9 nitrogen and oxygen atoms in total. The van der Waals surface area contributed by atoms with Gasteiger partial charge >= 0.3 is 0 Å². The molecule has 1 aliphatic rings. The van der Waals surface area contributed by atoms with Crippen LogP contribution >= 0.6 is 0 Å². The van der Waals surface area contributed by atoms with E-state index < -0.39 is 5.60 Å². The van der Waals surface area contributed by atoms with Gasteiger partial charge in [0.1, 0.15) is 29.5 Å². The molecule has 0 bridgehead atoms. The largest absolute Gasteiger partial charge is 0.463 e. The molecule has 0 aromatic carbocycles. The van der Waals surface area contributed by atoms with Crippen LogP contribution in [0.4, 0.5) is 0 Å². The van der Waals surface area contributed by atoms with Crippen molar-refractivity contribution in [1.29, 1.82) is 0 Å². The van der Waals surface area contributed by atoms with Gasteiger partial charge in [-0.25, -0.2) is 4.99 Å². The van der Waals surface area contributed by atoms with E-state index in [4.69, 9.17) is 9.15 Å². The quantitative estimate of drug-likeness (QED) is 0.480. The Morgan fingerprint density at radius 2 is 2.18 bits per heavy atom. The molecule has 9 heteroatoms. The molecule has 0 aliphatic carbocycles. The summed E-state index contributed by atoms with van der Waals surface area (Å²) in [5.74, 6) is 3.46. The van der Waals surface area contributed by atoms with Crippen LogP contribution in [-0.2, 0) is 23.9 Å². The second-order valence-corrected chi connectivity index (χ2v) is 7.44. The lowest BCUT2D eigenvalue weighted by atomic mass is 10.0. The van der Waals surface area contributed by atoms with E-state index in [0.717, 1.165) is 36.9 Å². The molecule has 2 atom stereocenters. The van der Waals surface area contributed by atoms with E-state index in [2.05, 4.69) is 25.8 Å². The van der Waals surface area contributed by atoms with Crippen LogP contribution in [0.1, 0.15) is 42.9 Å². The molecule has 2 aromatic heterocycles. The molecule has 28 heavy (non-hydrogen) atoms. The van der Waals surface area contributed by atoms with Crippen LogP contribution in [0.15, 0.2) is 21.5 Å². The van der Waals surface area contributed by atoms with Gasteiger partial charge in [0, 0.05) is 20.2 Å². The summed E-state index contributed by atoms with van der Waals surface area (Å²) in [4.78, 5) is 4.60. The normalized spacial score (nSPS) is 19.6. The Morgan fingerprint density at radius 3 is 2.79 bits per heavy atom. The minimum Gasteiger partial charge on any atom is -0.463 e. The standard InChI is InChI=1S/C19H30N6O3/c1-13-7-8-16(28-13)19(3,26)12-22-18(20-10-15-6-5-9-27-15)21-11-17-24-23-14(2)25(17)4/h7-8,15,26H,5-6,9-12H2,1-4H3,(H2,20,21,22). The fraction of sp³-hybridized carbons (Fsp3) is 0.632. The summed E-state index contributed by atoms with van der Waals surface area (Å²) in [5, 5.41) is 25.5. The molecule has 154 valence electrons. The molecule has 2 unspecified atom stereocenters. The number of hydrogen-bond donors (Lipinski definition) is 3. The van der Waals surface area contributed by atoms with Crippen molar-refractivity contribution in [3.63, 3.8) is 0 Å². The molecule has 1 saturated heterocycles. The molecular formula is C19H30N6O3. The number of aliphatic hydroxyl groups is 1. The molecule has 2 aromatic rings. The van der Waals surface area contributed by atoms with E-state index in [9.17, 15) is 5.11 Å². The minimum absolute atomic E-state index is 0.178. The minimum atomic E-state index is -1.16. The molecule has 0 saturated carbocycles. The number of rotatable bonds is 7. The zero-order valence-corrected chi connectivity index (χ0v) is 17.0. The molecule has 1 aliphatic heterocycles. The summed E-state index contributed by atoms with van der Waals surface area (Å²) in [7, 11) is 1.91. The lowest BCUT2D eigenvalue weighted by Crippen LogP contribution is -2.46. The van der Waals surface area contributed by atoms with E-state index in [1.54, 1.807) is 13.0 Å². The van der Waals surface area contributed by atoms with Gasteiger partial charge in [-0.3, -0.25) is 0 Å². The molecule has 0 spiro atoms. The molecule has 3 heterocycles. The van der Waals surface area contributed by atoms with Crippen molar-refractivity contribution in [2.24, 2.45) is 12.0 Å². The predicted molar refractivity (Wildman–Crippen MR) is 105 cm³/mol. The average molecular weight is 390 g/mol. The Balaban J connectivity index is 1.65. The summed E-state index contributed by atoms with van der Waals surface area (Å²) in [6.07, 6.45) is 2.29. The second kappa shape index (κ2) is 8.74. The van der Waals surface area contributed by atoms with Crippen molar-refractivity contribution in [3.05, 3.63) is 35.3 Å². The number of aromatic nitrogens is 3. The number of nitrogens with one attached hydrogen (secondary N) is 2. The highest BCUT2D eigenvalue weighted by molar-refractivity contribution is 5.79. The summed E-state index contributed by atoms with van der Waals surface area (Å²) in [5.41, 5.74) is -1.16. The van der Waals surface area contributed by atoms with Crippen molar-refractivity contribution in [2.45, 2.75) is 51.9 Å². The highest BCUT2D eigenvalue weighted by atomic mass is 16.5. The monoisotopic (exact) mass is 390 g/mol. The van der Waals surface area contributed by atoms with E-state index in [-0.39, 0.29) is 12.6 Å². The number of hydrogen-bond acceptors (Lipinski definition) is 6. The summed E-state index contributed by atoms with van der Waals surface area (Å²) >= 11 is 0. The van der Waals surface area contributed by atoms with Gasteiger partial charge in [0.15, 0.2) is 11.8 Å². The summed E-state index contributed by atoms with van der Waals surface area (Å²) < 4.78 is 13.2. The lowest BCUT2D eigenvalue weighted by molar-refractivity contribution is 0.0377. The topological polar surface area (TPSA) is 110 Å². The van der Waals surface area contributed by atoms with Crippen LogP contribution in [0.2, 0.25) is 0 Å².